The SMILES string of the molecule is C=C(C)C(=O)OCCOC(=O)C(=C)C.C=C(C)C(=O)OCCOCCOC(=O)C(=C)C.C=CC(=O)OCCOC(=O)C=C. The van der Waals surface area contributed by atoms with E-state index in [0.717, 1.165) is 12.2 Å². The molecule has 0 unspecified atom stereocenters. The Morgan fingerprint density at radius 1 is 0.419 bits per heavy atom. The van der Waals surface area contributed by atoms with Crippen molar-refractivity contribution in [1.29, 1.82) is 0 Å². The number of carbonyl (C=O) groups excluding carboxylic acids is 6. The van der Waals surface area contributed by atoms with E-state index >= 15 is 0 Å². The van der Waals surface area contributed by atoms with Crippen molar-refractivity contribution >= 4 is 35.8 Å². The molecule has 13 nitrogen and oxygen atoms in total. The van der Waals surface area contributed by atoms with Crippen molar-refractivity contribution in [2.24, 2.45) is 0 Å². The molecule has 0 aliphatic heterocycles. The predicted octanol–water partition coefficient (Wildman–Crippen LogP) is 2.91. The lowest BCUT2D eigenvalue weighted by atomic mass is 10.4. The molecule has 43 heavy (non-hydrogen) atoms. The van der Waals surface area contributed by atoms with E-state index in [1.54, 1.807) is 27.7 Å². The van der Waals surface area contributed by atoms with Crippen molar-refractivity contribution in [2.75, 3.05) is 52.9 Å². The molecule has 13 heteroatoms. The van der Waals surface area contributed by atoms with Crippen LogP contribution in [0.5, 0.6) is 0 Å². The van der Waals surface area contributed by atoms with Crippen LogP contribution < -0.4 is 0 Å². The summed E-state index contributed by atoms with van der Waals surface area (Å²) in [4.78, 5) is 64.4. The van der Waals surface area contributed by atoms with Gasteiger partial charge in [0, 0.05) is 34.4 Å². The highest BCUT2D eigenvalue weighted by molar-refractivity contribution is 5.88. The van der Waals surface area contributed by atoms with Crippen LogP contribution in [0.25, 0.3) is 0 Å². The molecule has 0 amide bonds. The molecular weight excluding hydrogens is 568 g/mol. The first kappa shape index (κ1) is 42.7. The molecule has 0 bridgehead atoms. The van der Waals surface area contributed by atoms with E-state index in [4.69, 9.17) is 14.2 Å². The van der Waals surface area contributed by atoms with Gasteiger partial charge in [-0.15, -0.1) is 0 Å². The van der Waals surface area contributed by atoms with E-state index in [1.165, 1.54) is 0 Å². The second-order valence-corrected chi connectivity index (χ2v) is 8.02. The summed E-state index contributed by atoms with van der Waals surface area (Å²) in [7, 11) is 0. The van der Waals surface area contributed by atoms with Gasteiger partial charge in [0.2, 0.25) is 0 Å². The topological polar surface area (TPSA) is 167 Å². The molecule has 0 aromatic carbocycles. The lowest BCUT2D eigenvalue weighted by Gasteiger charge is -2.06. The maximum absolute atomic E-state index is 10.9. The zero-order valence-electron chi connectivity index (χ0n) is 25.4. The zero-order chi connectivity index (χ0) is 33.8. The van der Waals surface area contributed by atoms with Gasteiger partial charge >= 0.3 is 35.8 Å². The molecule has 0 spiro atoms. The van der Waals surface area contributed by atoms with Gasteiger partial charge in [-0.05, 0) is 27.7 Å². The Bertz CT molecular complexity index is 941. The molecule has 0 aromatic heterocycles. The monoisotopic (exact) mass is 610 g/mol. The molecule has 0 aromatic rings. The third-order valence-corrected chi connectivity index (χ3v) is 3.77. The van der Waals surface area contributed by atoms with Crippen LogP contribution in [0.15, 0.2) is 73.9 Å². The molecule has 0 rings (SSSR count). The van der Waals surface area contributed by atoms with Crippen LogP contribution in [0, 0.1) is 0 Å². The molecule has 0 aliphatic carbocycles. The highest BCUT2D eigenvalue weighted by atomic mass is 16.6. The minimum absolute atomic E-state index is 0.0322. The normalized spacial score (nSPS) is 9.02. The Kier molecular flexibility index (Phi) is 27.2. The molecule has 0 N–H and O–H groups in total. The standard InChI is InChI=1S/C12H18O5.C10H14O4.C8H10O4/c1-9(2)11(13)16-7-5-15-6-8-17-12(14)10(3)4;1-7(2)9(11)13-5-6-14-10(12)8(3)4;1-3-7(9)11-5-6-12-8(10)4-2/h1,3,5-8H2,2,4H3;1,3,5-6H2,2,4H3;3-4H,1-2,5-6H2. The molecule has 0 heterocycles. The molecule has 0 radical (unpaired) electrons. The fraction of sp³-hybridized carbons (Fsp3) is 0.400. The van der Waals surface area contributed by atoms with Gasteiger partial charge in [-0.1, -0.05) is 39.5 Å². The van der Waals surface area contributed by atoms with Crippen molar-refractivity contribution in [3.8, 4) is 0 Å². The predicted molar refractivity (Wildman–Crippen MR) is 156 cm³/mol. The van der Waals surface area contributed by atoms with Crippen molar-refractivity contribution < 1.29 is 61.9 Å². The first-order chi connectivity index (χ1) is 20.1. The van der Waals surface area contributed by atoms with Gasteiger partial charge in [0.1, 0.15) is 39.6 Å². The second kappa shape index (κ2) is 27.4. The summed E-state index contributed by atoms with van der Waals surface area (Å²) in [6.45, 7) is 27.2. The highest BCUT2D eigenvalue weighted by Gasteiger charge is 2.06. The van der Waals surface area contributed by atoms with Crippen LogP contribution in [0.3, 0.4) is 0 Å². The van der Waals surface area contributed by atoms with Crippen molar-refractivity contribution in [1.82, 2.24) is 0 Å². The third-order valence-electron chi connectivity index (χ3n) is 3.77. The van der Waals surface area contributed by atoms with E-state index in [2.05, 4.69) is 58.4 Å². The summed E-state index contributed by atoms with van der Waals surface area (Å²) < 4.78 is 33.1. The van der Waals surface area contributed by atoms with E-state index in [0.29, 0.717) is 22.3 Å². The first-order valence-electron chi connectivity index (χ1n) is 12.6. The van der Waals surface area contributed by atoms with Gasteiger partial charge in [0.15, 0.2) is 0 Å². The molecule has 0 aliphatic rings. The van der Waals surface area contributed by atoms with Gasteiger partial charge < -0.3 is 33.2 Å². The van der Waals surface area contributed by atoms with Crippen LogP contribution >= 0.6 is 0 Å². The highest BCUT2D eigenvalue weighted by Crippen LogP contribution is 1.95. The fourth-order valence-electron chi connectivity index (χ4n) is 1.65. The maximum Gasteiger partial charge on any atom is 0.333 e. The smallest absolute Gasteiger partial charge is 0.333 e. The summed E-state index contributed by atoms with van der Waals surface area (Å²) in [5.74, 6) is -2.94. The van der Waals surface area contributed by atoms with E-state index in [-0.39, 0.29) is 52.9 Å². The second-order valence-electron chi connectivity index (χ2n) is 8.02. The van der Waals surface area contributed by atoms with Crippen molar-refractivity contribution in [3.63, 3.8) is 0 Å². The van der Waals surface area contributed by atoms with Crippen LogP contribution in [0.1, 0.15) is 27.7 Å². The average Bonchev–Trinajstić information content (AvgIpc) is 2.96. The summed E-state index contributed by atoms with van der Waals surface area (Å²) in [6.07, 6.45) is 2.07. The van der Waals surface area contributed by atoms with E-state index in [9.17, 15) is 28.8 Å². The summed E-state index contributed by atoms with van der Waals surface area (Å²) >= 11 is 0. The summed E-state index contributed by atoms with van der Waals surface area (Å²) in [5.41, 5.74) is 1.33. The molecule has 0 fully saturated rings. The average molecular weight is 611 g/mol. The minimum Gasteiger partial charge on any atom is -0.460 e. The molecule has 0 atom stereocenters. The minimum atomic E-state index is -0.537. The summed E-state index contributed by atoms with van der Waals surface area (Å²) in [5, 5.41) is 0. The fourth-order valence-corrected chi connectivity index (χ4v) is 1.65. The number of hydrogen-bond acceptors (Lipinski definition) is 13. The van der Waals surface area contributed by atoms with Crippen molar-refractivity contribution in [2.45, 2.75) is 27.7 Å². The molecule has 0 saturated carbocycles. The number of rotatable bonds is 18. The van der Waals surface area contributed by atoms with Crippen LogP contribution in [-0.2, 0) is 61.9 Å². The van der Waals surface area contributed by atoms with Gasteiger partial charge in [-0.3, -0.25) is 0 Å². The lowest BCUT2D eigenvalue weighted by molar-refractivity contribution is -0.147. The zero-order valence-corrected chi connectivity index (χ0v) is 25.4. The Labute approximate surface area is 252 Å². The Balaban J connectivity index is -0.000000567. The lowest BCUT2D eigenvalue weighted by Crippen LogP contribution is -2.14. The largest absolute Gasteiger partial charge is 0.460 e. The summed E-state index contributed by atoms with van der Waals surface area (Å²) in [6, 6.07) is 0. The van der Waals surface area contributed by atoms with Crippen LogP contribution in [0.4, 0.5) is 0 Å². The molecule has 0 saturated heterocycles. The van der Waals surface area contributed by atoms with Gasteiger partial charge in [-0.25, -0.2) is 28.8 Å². The number of ether oxygens (including phenoxy) is 7. The van der Waals surface area contributed by atoms with Crippen LogP contribution in [0.2, 0.25) is 0 Å². The number of hydrogen-bond donors (Lipinski definition) is 0. The van der Waals surface area contributed by atoms with Gasteiger partial charge in [-0.2, -0.15) is 0 Å². The first-order valence-corrected chi connectivity index (χ1v) is 12.6. The maximum atomic E-state index is 10.9. The number of esters is 6. The number of carbonyl (C=O) groups is 6. The molecular formula is C30H42O13. The quantitative estimate of drug-likeness (QED) is 0.0962. The van der Waals surface area contributed by atoms with Crippen LogP contribution in [-0.4, -0.2) is 88.7 Å². The van der Waals surface area contributed by atoms with E-state index < -0.39 is 35.8 Å². The van der Waals surface area contributed by atoms with Crippen molar-refractivity contribution in [3.05, 3.63) is 73.9 Å². The van der Waals surface area contributed by atoms with Gasteiger partial charge in [0.25, 0.3) is 0 Å². The molecule has 240 valence electrons. The Morgan fingerprint density at radius 2 is 0.628 bits per heavy atom. The van der Waals surface area contributed by atoms with E-state index in [1.807, 2.05) is 0 Å². The third kappa shape index (κ3) is 30.0. The van der Waals surface area contributed by atoms with Gasteiger partial charge in [0.05, 0.1) is 13.2 Å². The Morgan fingerprint density at radius 3 is 0.837 bits per heavy atom. The Hall–Kier alpha value is -4.78.